The van der Waals surface area contributed by atoms with E-state index < -0.39 is 5.54 Å². The molecule has 0 aromatic carbocycles. The van der Waals surface area contributed by atoms with Crippen molar-refractivity contribution in [3.8, 4) is 6.07 Å². The molecular weight excluding hydrogens is 206 g/mol. The van der Waals surface area contributed by atoms with Crippen LogP contribution >= 0.6 is 11.8 Å². The second-order valence-electron chi connectivity index (χ2n) is 3.94. The van der Waals surface area contributed by atoms with Gasteiger partial charge in [0.15, 0.2) is 0 Å². The fourth-order valence-corrected chi connectivity index (χ4v) is 2.12. The molecule has 80 valence electrons. The molecule has 1 heterocycles. The van der Waals surface area contributed by atoms with E-state index in [1.165, 1.54) is 17.3 Å². The maximum atomic E-state index is 8.77. The van der Waals surface area contributed by atoms with Crippen molar-refractivity contribution in [1.82, 2.24) is 4.98 Å². The Hall–Kier alpha value is -1.05. The minimum atomic E-state index is -0.788. The monoisotopic (exact) mass is 221 g/mol. The fourth-order valence-electron chi connectivity index (χ4n) is 1.13. The molecule has 1 aromatic heterocycles. The van der Waals surface area contributed by atoms with Gasteiger partial charge in [-0.1, -0.05) is 0 Å². The quantitative estimate of drug-likeness (QED) is 0.793. The fraction of sp³-hybridized carbons (Fsp3) is 0.455. The largest absolute Gasteiger partial charge is 0.313 e. The molecule has 1 rings (SSSR count). The van der Waals surface area contributed by atoms with Gasteiger partial charge in [0.25, 0.3) is 0 Å². The highest BCUT2D eigenvalue weighted by Gasteiger charge is 2.17. The van der Waals surface area contributed by atoms with Crippen molar-refractivity contribution in [1.29, 1.82) is 5.26 Å². The third-order valence-corrected chi connectivity index (χ3v) is 3.10. The van der Waals surface area contributed by atoms with Gasteiger partial charge in [-0.3, -0.25) is 0 Å². The van der Waals surface area contributed by atoms with Crippen LogP contribution in [0, 0.1) is 25.2 Å². The normalized spacial score (nSPS) is 14.3. The average Bonchev–Trinajstić information content (AvgIpc) is 2.14. The van der Waals surface area contributed by atoms with Crippen molar-refractivity contribution in [2.24, 2.45) is 5.73 Å². The maximum Gasteiger partial charge on any atom is 0.110 e. The standard InChI is InChI=1S/C11H15N3S/c1-8-4-9(2)14-10(5-8)15-7-11(3,13)6-12/h4-5H,7,13H2,1-3H3. The molecule has 0 spiro atoms. The van der Waals surface area contributed by atoms with Gasteiger partial charge in [-0.2, -0.15) is 5.26 Å². The van der Waals surface area contributed by atoms with Crippen molar-refractivity contribution in [2.45, 2.75) is 31.3 Å². The van der Waals surface area contributed by atoms with E-state index in [4.69, 9.17) is 11.0 Å². The number of hydrogen-bond acceptors (Lipinski definition) is 4. The van der Waals surface area contributed by atoms with Crippen molar-refractivity contribution in [3.63, 3.8) is 0 Å². The summed E-state index contributed by atoms with van der Waals surface area (Å²) in [5.74, 6) is 0.555. The first-order valence-electron chi connectivity index (χ1n) is 4.71. The number of thioether (sulfide) groups is 1. The molecule has 2 N–H and O–H groups in total. The zero-order valence-corrected chi connectivity index (χ0v) is 10.1. The second kappa shape index (κ2) is 4.65. The zero-order chi connectivity index (χ0) is 11.5. The maximum absolute atomic E-state index is 8.77. The first-order valence-corrected chi connectivity index (χ1v) is 5.70. The van der Waals surface area contributed by atoms with Crippen LogP contribution in [0.3, 0.4) is 0 Å². The highest BCUT2D eigenvalue weighted by atomic mass is 32.2. The highest BCUT2D eigenvalue weighted by molar-refractivity contribution is 7.99. The molecule has 0 aliphatic heterocycles. The van der Waals surface area contributed by atoms with Gasteiger partial charge >= 0.3 is 0 Å². The zero-order valence-electron chi connectivity index (χ0n) is 9.24. The predicted molar refractivity (Wildman–Crippen MR) is 62.6 cm³/mol. The molecule has 0 saturated carbocycles. The minimum Gasteiger partial charge on any atom is -0.313 e. The highest BCUT2D eigenvalue weighted by Crippen LogP contribution is 2.20. The summed E-state index contributed by atoms with van der Waals surface area (Å²) < 4.78 is 0. The number of nitrogens with two attached hydrogens (primary N) is 1. The predicted octanol–water partition coefficient (Wildman–Crippen LogP) is 2.03. The lowest BCUT2D eigenvalue weighted by atomic mass is 10.1. The number of aryl methyl sites for hydroxylation is 2. The van der Waals surface area contributed by atoms with Gasteiger partial charge in [-0.15, -0.1) is 11.8 Å². The molecule has 0 saturated heterocycles. The van der Waals surface area contributed by atoms with Gasteiger partial charge in [0, 0.05) is 11.4 Å². The molecule has 0 radical (unpaired) electrons. The van der Waals surface area contributed by atoms with Crippen LogP contribution in [-0.4, -0.2) is 16.3 Å². The Morgan fingerprint density at radius 2 is 2.20 bits per heavy atom. The van der Waals surface area contributed by atoms with Crippen molar-refractivity contribution >= 4 is 11.8 Å². The number of aromatic nitrogens is 1. The summed E-state index contributed by atoms with van der Waals surface area (Å²) in [6.07, 6.45) is 0. The summed E-state index contributed by atoms with van der Waals surface area (Å²) >= 11 is 1.52. The molecule has 15 heavy (non-hydrogen) atoms. The Kier molecular flexibility index (Phi) is 3.72. The molecular formula is C11H15N3S. The lowest BCUT2D eigenvalue weighted by Crippen LogP contribution is -2.36. The van der Waals surface area contributed by atoms with E-state index in [0.29, 0.717) is 5.75 Å². The molecule has 1 unspecified atom stereocenters. The summed E-state index contributed by atoms with van der Waals surface area (Å²) in [6.45, 7) is 5.72. The molecule has 4 heteroatoms. The van der Waals surface area contributed by atoms with E-state index in [1.54, 1.807) is 6.92 Å². The molecule has 1 aromatic rings. The Bertz CT molecular complexity index is 373. The lowest BCUT2D eigenvalue weighted by Gasteiger charge is -2.14. The Morgan fingerprint density at radius 3 is 2.73 bits per heavy atom. The van der Waals surface area contributed by atoms with Gasteiger partial charge < -0.3 is 5.73 Å². The SMILES string of the molecule is Cc1cc(C)nc(SCC(C)(N)C#N)c1. The van der Waals surface area contributed by atoms with E-state index in [1.807, 2.05) is 26.0 Å². The van der Waals surface area contributed by atoms with Crippen molar-refractivity contribution in [3.05, 3.63) is 23.4 Å². The Labute approximate surface area is 94.7 Å². The van der Waals surface area contributed by atoms with E-state index in [9.17, 15) is 0 Å². The van der Waals surface area contributed by atoms with Gasteiger partial charge in [0.2, 0.25) is 0 Å². The lowest BCUT2D eigenvalue weighted by molar-refractivity contribution is 0.681. The molecule has 3 nitrogen and oxygen atoms in total. The summed E-state index contributed by atoms with van der Waals surface area (Å²) in [5, 5.41) is 9.70. The minimum absolute atomic E-state index is 0.555. The summed E-state index contributed by atoms with van der Waals surface area (Å²) in [4.78, 5) is 4.37. The third kappa shape index (κ3) is 3.90. The van der Waals surface area contributed by atoms with Crippen LogP contribution < -0.4 is 5.73 Å². The van der Waals surface area contributed by atoms with Gasteiger partial charge in [-0.25, -0.2) is 4.98 Å². The van der Waals surface area contributed by atoms with Crippen molar-refractivity contribution in [2.75, 3.05) is 5.75 Å². The summed E-state index contributed by atoms with van der Waals surface area (Å²) in [7, 11) is 0. The number of pyridine rings is 1. The molecule has 0 bridgehead atoms. The molecule has 0 aliphatic rings. The van der Waals surface area contributed by atoms with Gasteiger partial charge in [-0.05, 0) is 38.5 Å². The number of nitrogens with zero attached hydrogens (tertiary/aromatic N) is 2. The number of rotatable bonds is 3. The molecule has 0 fully saturated rings. The number of hydrogen-bond donors (Lipinski definition) is 1. The smallest absolute Gasteiger partial charge is 0.110 e. The van der Waals surface area contributed by atoms with Crippen LogP contribution in [0.5, 0.6) is 0 Å². The van der Waals surface area contributed by atoms with E-state index in [2.05, 4.69) is 11.1 Å². The molecule has 0 amide bonds. The Balaban J connectivity index is 2.71. The van der Waals surface area contributed by atoms with Crippen LogP contribution in [0.2, 0.25) is 0 Å². The topological polar surface area (TPSA) is 62.7 Å². The summed E-state index contributed by atoms with van der Waals surface area (Å²) in [5.41, 5.74) is 7.12. The second-order valence-corrected chi connectivity index (χ2v) is 4.94. The van der Waals surface area contributed by atoms with E-state index in [0.717, 1.165) is 10.7 Å². The van der Waals surface area contributed by atoms with Crippen LogP contribution in [0.4, 0.5) is 0 Å². The molecule has 0 aliphatic carbocycles. The van der Waals surface area contributed by atoms with E-state index in [-0.39, 0.29) is 0 Å². The van der Waals surface area contributed by atoms with Crippen molar-refractivity contribution < 1.29 is 0 Å². The summed E-state index contributed by atoms with van der Waals surface area (Å²) in [6, 6.07) is 6.10. The first kappa shape index (κ1) is 12.0. The van der Waals surface area contributed by atoms with E-state index >= 15 is 0 Å². The van der Waals surface area contributed by atoms with Crippen LogP contribution in [0.25, 0.3) is 0 Å². The van der Waals surface area contributed by atoms with Crippen LogP contribution in [0.15, 0.2) is 17.2 Å². The third-order valence-electron chi connectivity index (χ3n) is 1.85. The molecule has 1 atom stereocenters. The van der Waals surface area contributed by atoms with Gasteiger partial charge in [0.1, 0.15) is 5.54 Å². The Morgan fingerprint density at radius 1 is 1.53 bits per heavy atom. The van der Waals surface area contributed by atoms with Crippen LogP contribution in [-0.2, 0) is 0 Å². The first-order chi connectivity index (χ1) is 6.93. The number of nitriles is 1. The average molecular weight is 221 g/mol. The van der Waals surface area contributed by atoms with Gasteiger partial charge in [0.05, 0.1) is 11.1 Å². The van der Waals surface area contributed by atoms with Crippen LogP contribution in [0.1, 0.15) is 18.2 Å².